The fourth-order valence-corrected chi connectivity index (χ4v) is 4.12. The molecule has 33 heavy (non-hydrogen) atoms. The van der Waals surface area contributed by atoms with Gasteiger partial charge in [-0.2, -0.15) is 10.1 Å². The van der Waals surface area contributed by atoms with E-state index in [9.17, 15) is 9.90 Å². The van der Waals surface area contributed by atoms with Gasteiger partial charge in [-0.3, -0.25) is 9.69 Å². The monoisotopic (exact) mass is 452 g/mol. The minimum Gasteiger partial charge on any atom is -0.394 e. The molecule has 10 nitrogen and oxygen atoms in total. The first-order valence-corrected chi connectivity index (χ1v) is 11.5. The first-order chi connectivity index (χ1) is 16.1. The van der Waals surface area contributed by atoms with E-state index < -0.39 is 0 Å². The van der Waals surface area contributed by atoms with Crippen molar-refractivity contribution in [3.8, 4) is 0 Å². The Kier molecular flexibility index (Phi) is 7.48. The number of fused-ring (bicyclic) bond motifs is 1. The predicted molar refractivity (Wildman–Crippen MR) is 129 cm³/mol. The van der Waals surface area contributed by atoms with Crippen LogP contribution in [0.2, 0.25) is 0 Å². The first-order valence-electron chi connectivity index (χ1n) is 11.5. The molecule has 1 aromatic carbocycles. The summed E-state index contributed by atoms with van der Waals surface area (Å²) in [5.74, 6) is 0.384. The summed E-state index contributed by atoms with van der Waals surface area (Å²) in [6.07, 6.45) is 3.15. The van der Waals surface area contributed by atoms with Crippen LogP contribution in [0.25, 0.3) is 10.9 Å². The molecule has 3 aromatic rings. The number of hydrogen-bond donors (Lipinski definition) is 4. The van der Waals surface area contributed by atoms with Crippen LogP contribution in [0, 0.1) is 0 Å². The highest BCUT2D eigenvalue weighted by atomic mass is 16.3. The Labute approximate surface area is 192 Å². The lowest BCUT2D eigenvalue weighted by Gasteiger charge is -2.27. The second kappa shape index (κ2) is 10.7. The lowest BCUT2D eigenvalue weighted by atomic mass is 10.1. The highest BCUT2D eigenvalue weighted by molar-refractivity contribution is 5.88. The molecule has 1 atom stereocenters. The number of aliphatic hydroxyl groups is 1. The number of anilines is 2. The van der Waals surface area contributed by atoms with Crippen LogP contribution in [0.4, 0.5) is 11.8 Å². The Morgan fingerprint density at radius 2 is 1.85 bits per heavy atom. The van der Waals surface area contributed by atoms with Crippen molar-refractivity contribution in [3.63, 3.8) is 0 Å². The van der Waals surface area contributed by atoms with Crippen LogP contribution in [0.1, 0.15) is 30.9 Å². The Balaban J connectivity index is 1.56. The number of rotatable bonds is 9. The van der Waals surface area contributed by atoms with Gasteiger partial charge in [0.1, 0.15) is 16.7 Å². The lowest BCUT2D eigenvalue weighted by molar-refractivity contribution is 0.233. The molecule has 0 aliphatic carbocycles. The van der Waals surface area contributed by atoms with E-state index in [1.54, 1.807) is 0 Å². The molecule has 5 N–H and O–H groups in total. The molecule has 0 amide bonds. The zero-order chi connectivity index (χ0) is 23.2. The molecule has 0 saturated carbocycles. The Bertz CT molecular complexity index is 1130. The van der Waals surface area contributed by atoms with Gasteiger partial charge in [0.2, 0.25) is 5.95 Å². The number of nitrogens with one attached hydrogen (secondary N) is 2. The van der Waals surface area contributed by atoms with Crippen LogP contribution in [0.15, 0.2) is 35.3 Å². The summed E-state index contributed by atoms with van der Waals surface area (Å²) >= 11 is 0. The van der Waals surface area contributed by atoms with E-state index in [-0.39, 0.29) is 24.2 Å². The second-order valence-electron chi connectivity index (χ2n) is 8.45. The summed E-state index contributed by atoms with van der Waals surface area (Å²) in [5.41, 5.74) is 8.16. The third-order valence-corrected chi connectivity index (χ3v) is 5.89. The lowest BCUT2D eigenvalue weighted by Crippen LogP contribution is -2.42. The number of nitrogens with two attached hydrogens (primary N) is 1. The molecule has 1 unspecified atom stereocenters. The van der Waals surface area contributed by atoms with Gasteiger partial charge < -0.3 is 21.5 Å². The molecule has 0 spiro atoms. The summed E-state index contributed by atoms with van der Waals surface area (Å²) in [4.78, 5) is 24.1. The minimum atomic E-state index is -0.298. The highest BCUT2D eigenvalue weighted by Crippen LogP contribution is 2.19. The zero-order valence-corrected chi connectivity index (χ0v) is 19.0. The van der Waals surface area contributed by atoms with E-state index >= 15 is 0 Å². The molecule has 176 valence electrons. The van der Waals surface area contributed by atoms with Crippen molar-refractivity contribution >= 4 is 22.7 Å². The SMILES string of the molecule is CCCC(CO)Nc1nc(N)nc2cnn(Cc3ccc(CN4CCNCC4)cc3)c(=O)c12. The van der Waals surface area contributed by atoms with Gasteiger partial charge in [-0.05, 0) is 17.5 Å². The molecule has 1 aliphatic rings. The molecule has 0 bridgehead atoms. The molecule has 1 saturated heterocycles. The van der Waals surface area contributed by atoms with E-state index in [1.807, 2.05) is 19.1 Å². The van der Waals surface area contributed by atoms with Gasteiger partial charge in [0.05, 0.1) is 25.4 Å². The fourth-order valence-electron chi connectivity index (χ4n) is 4.12. The largest absolute Gasteiger partial charge is 0.394 e. The van der Waals surface area contributed by atoms with E-state index in [0.717, 1.165) is 51.1 Å². The molecule has 4 rings (SSSR count). The Hall–Kier alpha value is -3.08. The number of nitrogens with zero attached hydrogens (tertiary/aromatic N) is 5. The standard InChI is InChI=1S/C23H32N8O2/c1-2-3-18(15-32)27-21-20-19(28-23(24)29-21)12-26-31(22(20)33)14-17-6-4-16(5-7-17)13-30-10-8-25-9-11-30/h4-7,12,18,25,32H,2-3,8-11,13-15H2,1H3,(H3,24,27,28,29). The van der Waals surface area contributed by atoms with Gasteiger partial charge in [0, 0.05) is 32.7 Å². The Morgan fingerprint density at radius 1 is 1.15 bits per heavy atom. The summed E-state index contributed by atoms with van der Waals surface area (Å²) in [7, 11) is 0. The molecule has 3 heterocycles. The van der Waals surface area contributed by atoms with Crippen LogP contribution < -0.4 is 21.9 Å². The topological polar surface area (TPSA) is 134 Å². The maximum absolute atomic E-state index is 13.3. The predicted octanol–water partition coefficient (Wildman–Crippen LogP) is 0.795. The third kappa shape index (κ3) is 5.65. The maximum atomic E-state index is 13.3. The van der Waals surface area contributed by atoms with Crippen LogP contribution in [0.3, 0.4) is 0 Å². The molecule has 1 fully saturated rings. The smallest absolute Gasteiger partial charge is 0.280 e. The average molecular weight is 453 g/mol. The third-order valence-electron chi connectivity index (χ3n) is 5.89. The van der Waals surface area contributed by atoms with Crippen molar-refractivity contribution in [1.29, 1.82) is 0 Å². The number of nitrogen functional groups attached to an aromatic ring is 1. The van der Waals surface area contributed by atoms with Gasteiger partial charge in [0.15, 0.2) is 0 Å². The average Bonchev–Trinajstić information content (AvgIpc) is 2.82. The molecule has 10 heteroatoms. The van der Waals surface area contributed by atoms with E-state index in [1.165, 1.54) is 16.4 Å². The number of aliphatic hydroxyl groups excluding tert-OH is 1. The highest BCUT2D eigenvalue weighted by Gasteiger charge is 2.17. The van der Waals surface area contributed by atoms with Gasteiger partial charge in [0.25, 0.3) is 5.56 Å². The van der Waals surface area contributed by atoms with Crippen molar-refractivity contribution in [2.24, 2.45) is 0 Å². The quantitative estimate of drug-likeness (QED) is 0.372. The van der Waals surface area contributed by atoms with Crippen molar-refractivity contribution in [2.75, 3.05) is 43.8 Å². The summed E-state index contributed by atoms with van der Waals surface area (Å²) in [6, 6.07) is 8.07. The molecule has 1 aliphatic heterocycles. The van der Waals surface area contributed by atoms with Crippen LogP contribution in [-0.2, 0) is 13.1 Å². The van der Waals surface area contributed by atoms with E-state index in [4.69, 9.17) is 5.73 Å². The molecular formula is C23H32N8O2. The summed E-state index contributed by atoms with van der Waals surface area (Å²) in [6.45, 7) is 7.38. The van der Waals surface area contributed by atoms with Gasteiger partial charge in [-0.1, -0.05) is 37.6 Å². The van der Waals surface area contributed by atoms with Crippen LogP contribution in [0.5, 0.6) is 0 Å². The van der Waals surface area contributed by atoms with Gasteiger partial charge >= 0.3 is 0 Å². The van der Waals surface area contributed by atoms with Crippen molar-refractivity contribution in [2.45, 2.75) is 38.9 Å². The number of piperazine rings is 1. The molecule has 2 aromatic heterocycles. The normalized spacial score (nSPS) is 15.6. The number of aromatic nitrogens is 4. The zero-order valence-electron chi connectivity index (χ0n) is 19.0. The first kappa shape index (κ1) is 23.1. The van der Waals surface area contributed by atoms with Crippen molar-refractivity contribution in [1.82, 2.24) is 30.0 Å². The van der Waals surface area contributed by atoms with Gasteiger partial charge in [-0.15, -0.1) is 0 Å². The van der Waals surface area contributed by atoms with E-state index in [2.05, 4.69) is 42.7 Å². The minimum absolute atomic E-state index is 0.0530. The summed E-state index contributed by atoms with van der Waals surface area (Å²) in [5, 5.41) is 20.8. The van der Waals surface area contributed by atoms with Crippen LogP contribution >= 0.6 is 0 Å². The summed E-state index contributed by atoms with van der Waals surface area (Å²) < 4.78 is 1.41. The molecule has 0 radical (unpaired) electrons. The number of hydrogen-bond acceptors (Lipinski definition) is 9. The fraction of sp³-hybridized carbons (Fsp3) is 0.478. The van der Waals surface area contributed by atoms with Crippen LogP contribution in [-0.4, -0.2) is 68.6 Å². The van der Waals surface area contributed by atoms with Crippen molar-refractivity contribution < 1.29 is 5.11 Å². The number of benzene rings is 1. The van der Waals surface area contributed by atoms with Gasteiger partial charge in [-0.25, -0.2) is 9.67 Å². The maximum Gasteiger partial charge on any atom is 0.280 e. The van der Waals surface area contributed by atoms with E-state index in [0.29, 0.717) is 23.3 Å². The molecular weight excluding hydrogens is 420 g/mol. The Morgan fingerprint density at radius 3 is 2.52 bits per heavy atom. The van der Waals surface area contributed by atoms with Crippen molar-refractivity contribution in [3.05, 3.63) is 51.9 Å². The second-order valence-corrected chi connectivity index (χ2v) is 8.45.